The molecule has 0 atom stereocenters. The van der Waals surface area contributed by atoms with E-state index in [4.69, 9.17) is 39.5 Å². The summed E-state index contributed by atoms with van der Waals surface area (Å²) in [5.41, 5.74) is 1.58. The molecule has 0 saturated heterocycles. The van der Waals surface area contributed by atoms with Crippen molar-refractivity contribution in [2.45, 2.75) is 0 Å². The molecular weight excluding hydrogens is 279 g/mol. The first-order valence-corrected chi connectivity index (χ1v) is 6.05. The van der Waals surface area contributed by atoms with Crippen LogP contribution in [0.4, 0.5) is 0 Å². The zero-order valence-corrected chi connectivity index (χ0v) is 11.3. The fourth-order valence-electron chi connectivity index (χ4n) is 1.63. The monoisotopic (exact) mass is 286 g/mol. The van der Waals surface area contributed by atoms with Gasteiger partial charge < -0.3 is 4.74 Å². The number of halogens is 3. The van der Waals surface area contributed by atoms with E-state index in [0.29, 0.717) is 20.8 Å². The Morgan fingerprint density at radius 1 is 0.941 bits per heavy atom. The molecule has 1 nitrogen and oxygen atoms in total. The molecule has 0 saturated carbocycles. The summed E-state index contributed by atoms with van der Waals surface area (Å²) in [6.07, 6.45) is 0. The van der Waals surface area contributed by atoms with Crippen LogP contribution >= 0.6 is 34.8 Å². The lowest BCUT2D eigenvalue weighted by molar-refractivity contribution is 0.416. The summed E-state index contributed by atoms with van der Waals surface area (Å²) in [6.45, 7) is 0. The van der Waals surface area contributed by atoms with Crippen LogP contribution in [0, 0.1) is 0 Å². The highest BCUT2D eigenvalue weighted by atomic mass is 35.5. The molecule has 0 spiro atoms. The lowest BCUT2D eigenvalue weighted by atomic mass is 10.0. The minimum atomic E-state index is 0.545. The lowest BCUT2D eigenvalue weighted by Crippen LogP contribution is -1.89. The molecule has 0 aromatic heterocycles. The normalized spacial score (nSPS) is 10.4. The molecule has 0 N–H and O–H groups in total. The van der Waals surface area contributed by atoms with Gasteiger partial charge in [0.15, 0.2) is 0 Å². The smallest absolute Gasteiger partial charge is 0.128 e. The Kier molecular flexibility index (Phi) is 3.82. The van der Waals surface area contributed by atoms with Crippen molar-refractivity contribution in [2.75, 3.05) is 7.11 Å². The van der Waals surface area contributed by atoms with E-state index in [2.05, 4.69) is 0 Å². The van der Waals surface area contributed by atoms with Crippen molar-refractivity contribution in [3.8, 4) is 16.9 Å². The zero-order chi connectivity index (χ0) is 12.4. The minimum absolute atomic E-state index is 0.545. The topological polar surface area (TPSA) is 9.23 Å². The molecule has 0 aliphatic rings. The molecule has 0 aliphatic carbocycles. The van der Waals surface area contributed by atoms with E-state index in [9.17, 15) is 0 Å². The second-order valence-electron chi connectivity index (χ2n) is 3.44. The summed E-state index contributed by atoms with van der Waals surface area (Å²) in [7, 11) is 1.60. The maximum atomic E-state index is 6.18. The van der Waals surface area contributed by atoms with Gasteiger partial charge in [0.1, 0.15) is 5.75 Å². The molecule has 0 aliphatic heterocycles. The van der Waals surface area contributed by atoms with Gasteiger partial charge in [-0.25, -0.2) is 0 Å². The van der Waals surface area contributed by atoms with E-state index in [1.54, 1.807) is 25.3 Å². The summed E-state index contributed by atoms with van der Waals surface area (Å²) in [4.78, 5) is 0. The molecule has 0 amide bonds. The highest BCUT2D eigenvalue weighted by Crippen LogP contribution is 2.40. The van der Waals surface area contributed by atoms with Crippen LogP contribution in [0.2, 0.25) is 15.1 Å². The van der Waals surface area contributed by atoms with E-state index in [1.165, 1.54) is 0 Å². The summed E-state index contributed by atoms with van der Waals surface area (Å²) in [5.74, 6) is 0.682. The first-order valence-electron chi connectivity index (χ1n) is 4.91. The number of benzene rings is 2. The van der Waals surface area contributed by atoms with E-state index in [1.807, 2.05) is 18.2 Å². The fraction of sp³-hybridized carbons (Fsp3) is 0.0769. The fourth-order valence-corrected chi connectivity index (χ4v) is 2.40. The van der Waals surface area contributed by atoms with Crippen molar-refractivity contribution < 1.29 is 4.74 Å². The predicted molar refractivity (Wildman–Crippen MR) is 73.5 cm³/mol. The molecular formula is C13H9Cl3O. The standard InChI is InChI=1S/C13H9Cl3O/c1-17-12-4-2-3-10(15)13(12)9-6-5-8(14)7-11(9)16/h2-7H,1H3. The molecule has 88 valence electrons. The van der Waals surface area contributed by atoms with E-state index in [0.717, 1.165) is 11.1 Å². The Hall–Kier alpha value is -0.890. The summed E-state index contributed by atoms with van der Waals surface area (Å²) >= 11 is 18.2. The average Bonchev–Trinajstić information content (AvgIpc) is 2.30. The second-order valence-corrected chi connectivity index (χ2v) is 4.69. The number of hydrogen-bond donors (Lipinski definition) is 0. The lowest BCUT2D eigenvalue weighted by Gasteiger charge is -2.12. The van der Waals surface area contributed by atoms with Crippen LogP contribution in [0.3, 0.4) is 0 Å². The van der Waals surface area contributed by atoms with Gasteiger partial charge in [-0.3, -0.25) is 0 Å². The molecule has 2 rings (SSSR count). The molecule has 2 aromatic rings. The quantitative estimate of drug-likeness (QED) is 0.726. The van der Waals surface area contributed by atoms with Crippen molar-refractivity contribution in [2.24, 2.45) is 0 Å². The number of hydrogen-bond acceptors (Lipinski definition) is 1. The van der Waals surface area contributed by atoms with E-state index < -0.39 is 0 Å². The van der Waals surface area contributed by atoms with Crippen molar-refractivity contribution in [3.63, 3.8) is 0 Å². The van der Waals surface area contributed by atoms with Crippen LogP contribution in [0.5, 0.6) is 5.75 Å². The predicted octanol–water partition coefficient (Wildman–Crippen LogP) is 5.32. The molecule has 2 aromatic carbocycles. The van der Waals surface area contributed by atoms with Gasteiger partial charge in [0.25, 0.3) is 0 Å². The van der Waals surface area contributed by atoms with E-state index >= 15 is 0 Å². The molecule has 0 bridgehead atoms. The Morgan fingerprint density at radius 2 is 1.71 bits per heavy atom. The Balaban J connectivity index is 2.67. The summed E-state index contributed by atoms with van der Waals surface area (Å²) in [5, 5.41) is 1.72. The van der Waals surface area contributed by atoms with Crippen molar-refractivity contribution in [1.29, 1.82) is 0 Å². The first kappa shape index (κ1) is 12.6. The Bertz CT molecular complexity index is 552. The van der Waals surface area contributed by atoms with Gasteiger partial charge in [0, 0.05) is 16.1 Å². The molecule has 0 unspecified atom stereocenters. The highest BCUT2D eigenvalue weighted by molar-refractivity contribution is 6.38. The van der Waals surface area contributed by atoms with Gasteiger partial charge in [-0.2, -0.15) is 0 Å². The maximum absolute atomic E-state index is 6.18. The Labute approximate surface area is 115 Å². The Morgan fingerprint density at radius 3 is 2.35 bits per heavy atom. The molecule has 4 heteroatoms. The van der Waals surface area contributed by atoms with Crippen LogP contribution in [-0.2, 0) is 0 Å². The van der Waals surface area contributed by atoms with Gasteiger partial charge in [-0.15, -0.1) is 0 Å². The number of ether oxygens (including phenoxy) is 1. The third kappa shape index (κ3) is 2.52. The van der Waals surface area contributed by atoms with Gasteiger partial charge in [-0.05, 0) is 24.3 Å². The van der Waals surface area contributed by atoms with Gasteiger partial charge in [0.2, 0.25) is 0 Å². The second kappa shape index (κ2) is 5.18. The molecule has 0 heterocycles. The highest BCUT2D eigenvalue weighted by Gasteiger charge is 2.13. The SMILES string of the molecule is COc1cccc(Cl)c1-c1ccc(Cl)cc1Cl. The first-order chi connectivity index (χ1) is 8.13. The van der Waals surface area contributed by atoms with Crippen LogP contribution in [0.15, 0.2) is 36.4 Å². The van der Waals surface area contributed by atoms with Crippen molar-refractivity contribution >= 4 is 34.8 Å². The van der Waals surface area contributed by atoms with Crippen LogP contribution in [0.25, 0.3) is 11.1 Å². The molecule has 0 radical (unpaired) electrons. The van der Waals surface area contributed by atoms with E-state index in [-0.39, 0.29) is 0 Å². The van der Waals surface area contributed by atoms with Crippen molar-refractivity contribution in [3.05, 3.63) is 51.5 Å². The summed E-state index contributed by atoms with van der Waals surface area (Å²) in [6, 6.07) is 10.7. The minimum Gasteiger partial charge on any atom is -0.496 e. The molecule has 0 fully saturated rings. The van der Waals surface area contributed by atoms with Gasteiger partial charge >= 0.3 is 0 Å². The number of rotatable bonds is 2. The largest absolute Gasteiger partial charge is 0.496 e. The van der Waals surface area contributed by atoms with Crippen molar-refractivity contribution in [1.82, 2.24) is 0 Å². The van der Waals surface area contributed by atoms with Gasteiger partial charge in [0.05, 0.1) is 17.2 Å². The van der Waals surface area contributed by atoms with Crippen LogP contribution in [0.1, 0.15) is 0 Å². The molecule has 17 heavy (non-hydrogen) atoms. The van der Waals surface area contributed by atoms with Crippen LogP contribution in [-0.4, -0.2) is 7.11 Å². The third-order valence-corrected chi connectivity index (χ3v) is 3.26. The summed E-state index contributed by atoms with van der Waals surface area (Å²) < 4.78 is 5.29. The van der Waals surface area contributed by atoms with Gasteiger partial charge in [-0.1, -0.05) is 46.9 Å². The zero-order valence-electron chi connectivity index (χ0n) is 9.01. The number of methoxy groups -OCH3 is 1. The van der Waals surface area contributed by atoms with Crippen LogP contribution < -0.4 is 4.74 Å². The average molecular weight is 288 g/mol. The maximum Gasteiger partial charge on any atom is 0.128 e. The third-order valence-electron chi connectivity index (χ3n) is 2.40.